The van der Waals surface area contributed by atoms with Gasteiger partial charge in [0.1, 0.15) is 4.99 Å². The van der Waals surface area contributed by atoms with Crippen molar-refractivity contribution in [1.29, 1.82) is 0 Å². The Morgan fingerprint density at radius 1 is 1.20 bits per heavy atom. The molecule has 0 aliphatic carbocycles. The van der Waals surface area contributed by atoms with Gasteiger partial charge in [0.2, 0.25) is 0 Å². The quantitative estimate of drug-likeness (QED) is 0.804. The van der Waals surface area contributed by atoms with E-state index in [1.54, 1.807) is 42.5 Å². The maximum Gasteiger partial charge on any atom is 0.256 e. The number of nitrogens with two attached hydrogens (primary N) is 1. The summed E-state index contributed by atoms with van der Waals surface area (Å²) in [5.74, 6) is -0.248. The third-order valence-corrected chi connectivity index (χ3v) is 3.76. The van der Waals surface area contributed by atoms with Gasteiger partial charge in [-0.1, -0.05) is 23.8 Å². The highest BCUT2D eigenvalue weighted by Gasteiger charge is 2.11. The second-order valence-electron chi connectivity index (χ2n) is 4.02. The summed E-state index contributed by atoms with van der Waals surface area (Å²) in [5.41, 5.74) is 7.39. The highest BCUT2D eigenvalue weighted by atomic mass is 79.9. The standard InChI is InChI=1S/C14H10BrClN2OS/c15-12-6-3-9(16)7-11(12)14(19)18-10-4-1-8(2-5-10)13(17)20/h1-7H,(H2,17,20)(H,18,19). The van der Waals surface area contributed by atoms with Gasteiger partial charge in [0.25, 0.3) is 5.91 Å². The maximum absolute atomic E-state index is 12.2. The average molecular weight is 370 g/mol. The molecular formula is C14H10BrClN2OS. The number of hydrogen-bond donors (Lipinski definition) is 2. The Hall–Kier alpha value is -1.43. The molecule has 0 saturated heterocycles. The first kappa shape index (κ1) is 15.0. The molecule has 0 aliphatic rings. The Bertz CT molecular complexity index is 673. The predicted molar refractivity (Wildman–Crippen MR) is 89.4 cm³/mol. The molecule has 0 fully saturated rings. The average Bonchev–Trinajstić information content (AvgIpc) is 2.42. The van der Waals surface area contributed by atoms with E-state index in [1.165, 1.54) is 0 Å². The van der Waals surface area contributed by atoms with Crippen molar-refractivity contribution in [1.82, 2.24) is 0 Å². The number of halogens is 2. The summed E-state index contributed by atoms with van der Waals surface area (Å²) in [6.45, 7) is 0. The summed E-state index contributed by atoms with van der Waals surface area (Å²) in [6, 6.07) is 12.0. The number of rotatable bonds is 3. The van der Waals surface area contributed by atoms with E-state index in [0.29, 0.717) is 25.7 Å². The van der Waals surface area contributed by atoms with Gasteiger partial charge in [-0.3, -0.25) is 4.79 Å². The molecule has 0 bridgehead atoms. The molecule has 3 N–H and O–H groups in total. The molecule has 0 heterocycles. The molecule has 0 aromatic heterocycles. The number of carbonyl (C=O) groups excluding carboxylic acids is 1. The van der Waals surface area contributed by atoms with E-state index in [0.717, 1.165) is 5.56 Å². The molecule has 3 nitrogen and oxygen atoms in total. The fourth-order valence-electron chi connectivity index (χ4n) is 1.59. The fourth-order valence-corrected chi connectivity index (χ4v) is 2.32. The third kappa shape index (κ3) is 3.56. The van der Waals surface area contributed by atoms with E-state index < -0.39 is 0 Å². The lowest BCUT2D eigenvalue weighted by atomic mass is 10.2. The molecule has 0 aliphatic heterocycles. The number of benzene rings is 2. The molecule has 2 aromatic rings. The van der Waals surface area contributed by atoms with Gasteiger partial charge in [0.05, 0.1) is 5.56 Å². The normalized spacial score (nSPS) is 10.1. The van der Waals surface area contributed by atoms with Gasteiger partial charge in [0.15, 0.2) is 0 Å². The number of anilines is 1. The van der Waals surface area contributed by atoms with Crippen LogP contribution in [0.4, 0.5) is 5.69 Å². The summed E-state index contributed by atoms with van der Waals surface area (Å²) in [6.07, 6.45) is 0. The van der Waals surface area contributed by atoms with Gasteiger partial charge in [0, 0.05) is 20.7 Å². The zero-order valence-electron chi connectivity index (χ0n) is 10.2. The lowest BCUT2D eigenvalue weighted by Crippen LogP contribution is -2.13. The first-order chi connectivity index (χ1) is 9.47. The smallest absolute Gasteiger partial charge is 0.256 e. The minimum absolute atomic E-state index is 0.248. The Morgan fingerprint density at radius 3 is 2.45 bits per heavy atom. The van der Waals surface area contributed by atoms with Crippen LogP contribution in [0.15, 0.2) is 46.9 Å². The van der Waals surface area contributed by atoms with E-state index in [1.807, 2.05) is 0 Å². The molecule has 0 unspecified atom stereocenters. The van der Waals surface area contributed by atoms with Crippen molar-refractivity contribution >= 4 is 56.3 Å². The van der Waals surface area contributed by atoms with Crippen LogP contribution in [0.3, 0.4) is 0 Å². The molecule has 20 heavy (non-hydrogen) atoms. The molecular weight excluding hydrogens is 360 g/mol. The largest absolute Gasteiger partial charge is 0.389 e. The van der Waals surface area contributed by atoms with Crippen LogP contribution in [-0.2, 0) is 0 Å². The van der Waals surface area contributed by atoms with Crippen molar-refractivity contribution in [3.8, 4) is 0 Å². The van der Waals surface area contributed by atoms with E-state index in [2.05, 4.69) is 21.2 Å². The van der Waals surface area contributed by atoms with Gasteiger partial charge in [-0.25, -0.2) is 0 Å². The zero-order valence-corrected chi connectivity index (χ0v) is 13.3. The van der Waals surface area contributed by atoms with Crippen molar-refractivity contribution in [2.75, 3.05) is 5.32 Å². The lowest BCUT2D eigenvalue weighted by Gasteiger charge is -2.08. The molecule has 2 aromatic carbocycles. The van der Waals surface area contributed by atoms with Crippen LogP contribution in [-0.4, -0.2) is 10.9 Å². The van der Waals surface area contributed by atoms with E-state index >= 15 is 0 Å². The van der Waals surface area contributed by atoms with Crippen LogP contribution in [0, 0.1) is 0 Å². The molecule has 0 radical (unpaired) electrons. The van der Waals surface area contributed by atoms with Gasteiger partial charge in [-0.05, 0) is 58.4 Å². The van der Waals surface area contributed by atoms with Crippen LogP contribution in [0.5, 0.6) is 0 Å². The van der Waals surface area contributed by atoms with E-state index in [-0.39, 0.29) is 5.91 Å². The van der Waals surface area contributed by atoms with Gasteiger partial charge >= 0.3 is 0 Å². The number of nitrogens with one attached hydrogen (secondary N) is 1. The van der Waals surface area contributed by atoms with Gasteiger partial charge in [-0.15, -0.1) is 0 Å². The van der Waals surface area contributed by atoms with Crippen molar-refractivity contribution in [2.45, 2.75) is 0 Å². The van der Waals surface area contributed by atoms with Crippen LogP contribution in [0.25, 0.3) is 0 Å². The molecule has 1 amide bonds. The fraction of sp³-hybridized carbons (Fsp3) is 0. The van der Waals surface area contributed by atoms with Crippen molar-refractivity contribution in [3.05, 3.63) is 63.1 Å². The number of hydrogen-bond acceptors (Lipinski definition) is 2. The monoisotopic (exact) mass is 368 g/mol. The Morgan fingerprint density at radius 2 is 1.85 bits per heavy atom. The summed E-state index contributed by atoms with van der Waals surface area (Å²) in [7, 11) is 0. The first-order valence-corrected chi connectivity index (χ1v) is 7.21. The molecule has 0 atom stereocenters. The summed E-state index contributed by atoms with van der Waals surface area (Å²) in [5, 5.41) is 3.28. The third-order valence-electron chi connectivity index (χ3n) is 2.60. The minimum Gasteiger partial charge on any atom is -0.389 e. The number of amides is 1. The van der Waals surface area contributed by atoms with Gasteiger partial charge in [-0.2, -0.15) is 0 Å². The first-order valence-electron chi connectivity index (χ1n) is 5.63. The lowest BCUT2D eigenvalue weighted by molar-refractivity contribution is 0.102. The summed E-state index contributed by atoms with van der Waals surface area (Å²) < 4.78 is 0.680. The molecule has 102 valence electrons. The van der Waals surface area contributed by atoms with E-state index in [4.69, 9.17) is 29.6 Å². The second-order valence-corrected chi connectivity index (χ2v) is 5.75. The number of carbonyl (C=O) groups is 1. The molecule has 2 rings (SSSR count). The summed E-state index contributed by atoms with van der Waals surface area (Å²) in [4.78, 5) is 12.5. The molecule has 6 heteroatoms. The maximum atomic E-state index is 12.2. The molecule has 0 spiro atoms. The predicted octanol–water partition coefficient (Wildman–Crippen LogP) is 3.99. The van der Waals surface area contributed by atoms with E-state index in [9.17, 15) is 4.79 Å². The second kappa shape index (κ2) is 6.35. The van der Waals surface area contributed by atoms with Crippen molar-refractivity contribution in [3.63, 3.8) is 0 Å². The van der Waals surface area contributed by atoms with Crippen molar-refractivity contribution in [2.24, 2.45) is 5.73 Å². The summed E-state index contributed by atoms with van der Waals surface area (Å²) >= 11 is 14.1. The minimum atomic E-state index is -0.248. The van der Waals surface area contributed by atoms with Crippen molar-refractivity contribution < 1.29 is 4.79 Å². The Labute approximate surface area is 135 Å². The Kier molecular flexibility index (Phi) is 4.75. The highest BCUT2D eigenvalue weighted by molar-refractivity contribution is 9.10. The van der Waals surface area contributed by atoms with Crippen LogP contribution >= 0.6 is 39.7 Å². The van der Waals surface area contributed by atoms with Crippen LogP contribution < -0.4 is 11.1 Å². The topological polar surface area (TPSA) is 55.1 Å². The number of thiocarbonyl (C=S) groups is 1. The highest BCUT2D eigenvalue weighted by Crippen LogP contribution is 2.22. The van der Waals surface area contributed by atoms with Crippen LogP contribution in [0.2, 0.25) is 5.02 Å². The van der Waals surface area contributed by atoms with Crippen LogP contribution in [0.1, 0.15) is 15.9 Å². The zero-order chi connectivity index (χ0) is 14.7. The van der Waals surface area contributed by atoms with Gasteiger partial charge < -0.3 is 11.1 Å². The Balaban J connectivity index is 2.19. The SMILES string of the molecule is NC(=S)c1ccc(NC(=O)c2cc(Cl)ccc2Br)cc1. The molecule has 0 saturated carbocycles.